The minimum Gasteiger partial charge on any atom is -0.451 e. The largest absolute Gasteiger partial charge is 0.451 e. The lowest BCUT2D eigenvalue weighted by molar-refractivity contribution is 0.180. The van der Waals surface area contributed by atoms with Crippen molar-refractivity contribution in [2.24, 2.45) is 0 Å². The summed E-state index contributed by atoms with van der Waals surface area (Å²) in [4.78, 5) is 6.16. The van der Waals surface area contributed by atoms with Crippen LogP contribution in [0.25, 0.3) is 0 Å². The fourth-order valence-corrected chi connectivity index (χ4v) is 4.15. The Kier molecular flexibility index (Phi) is 4.67. The topological polar surface area (TPSA) is 66.7 Å². The third kappa shape index (κ3) is 3.55. The fourth-order valence-electron chi connectivity index (χ4n) is 2.46. The van der Waals surface area contributed by atoms with Crippen LogP contribution in [0.4, 0.5) is 4.39 Å². The predicted octanol–water partition coefficient (Wildman–Crippen LogP) is 1.97. The van der Waals surface area contributed by atoms with E-state index in [0.717, 1.165) is 17.8 Å². The molecule has 2 aromatic rings. The van der Waals surface area contributed by atoms with Crippen LogP contribution in [0, 0.1) is 5.82 Å². The highest BCUT2D eigenvalue weighted by Crippen LogP contribution is 2.23. The number of nitrogens with zero attached hydrogens (tertiary/aromatic N) is 3. The lowest BCUT2D eigenvalue weighted by atomic mass is 10.3. The van der Waals surface area contributed by atoms with Crippen molar-refractivity contribution >= 4 is 21.6 Å². The molecule has 0 amide bonds. The number of rotatable bonds is 4. The van der Waals surface area contributed by atoms with Gasteiger partial charge in [-0.05, 0) is 18.2 Å². The van der Waals surface area contributed by atoms with E-state index in [0.29, 0.717) is 32.7 Å². The summed E-state index contributed by atoms with van der Waals surface area (Å²) in [6, 6.07) is 3.45. The Balaban J connectivity index is 1.67. The number of aromatic nitrogens is 1. The van der Waals surface area contributed by atoms with Crippen LogP contribution in [0.1, 0.15) is 5.69 Å². The summed E-state index contributed by atoms with van der Waals surface area (Å²) in [5.41, 5.74) is 0.812. The predicted molar refractivity (Wildman–Crippen MR) is 81.9 cm³/mol. The zero-order valence-corrected chi connectivity index (χ0v) is 13.7. The van der Waals surface area contributed by atoms with E-state index in [1.165, 1.54) is 16.8 Å². The molecule has 0 unspecified atom stereocenters. The molecule has 6 nitrogen and oxygen atoms in total. The molecule has 0 aliphatic carbocycles. The molecule has 1 fully saturated rings. The van der Waals surface area contributed by atoms with Gasteiger partial charge in [0, 0.05) is 32.7 Å². The Morgan fingerprint density at radius 1 is 1.26 bits per heavy atom. The second kappa shape index (κ2) is 6.56. The van der Waals surface area contributed by atoms with Gasteiger partial charge in [-0.25, -0.2) is 17.8 Å². The average Bonchev–Trinajstić information content (AvgIpc) is 3.03. The van der Waals surface area contributed by atoms with E-state index in [1.54, 1.807) is 6.26 Å². The third-order valence-corrected chi connectivity index (χ3v) is 5.91. The number of sulfonamides is 1. The Morgan fingerprint density at radius 2 is 2.00 bits per heavy atom. The zero-order valence-electron chi connectivity index (χ0n) is 12.2. The Morgan fingerprint density at radius 3 is 2.61 bits per heavy atom. The van der Waals surface area contributed by atoms with Gasteiger partial charge < -0.3 is 4.42 Å². The van der Waals surface area contributed by atoms with Crippen LogP contribution in [-0.2, 0) is 16.6 Å². The first-order valence-electron chi connectivity index (χ1n) is 7.01. The van der Waals surface area contributed by atoms with Crippen molar-refractivity contribution in [3.8, 4) is 0 Å². The molecule has 1 aromatic heterocycles. The first-order chi connectivity index (χ1) is 11.0. The molecule has 0 atom stereocenters. The number of hydrogen-bond acceptors (Lipinski definition) is 5. The van der Waals surface area contributed by atoms with Gasteiger partial charge in [0.15, 0.2) is 6.39 Å². The molecule has 1 saturated heterocycles. The number of oxazole rings is 1. The monoisotopic (exact) mass is 359 g/mol. The average molecular weight is 360 g/mol. The van der Waals surface area contributed by atoms with Gasteiger partial charge in [0.05, 0.1) is 15.6 Å². The van der Waals surface area contributed by atoms with Gasteiger partial charge in [-0.2, -0.15) is 4.31 Å². The van der Waals surface area contributed by atoms with Crippen LogP contribution in [0.3, 0.4) is 0 Å². The zero-order chi connectivity index (χ0) is 16.4. The summed E-state index contributed by atoms with van der Waals surface area (Å²) < 4.78 is 44.7. The summed E-state index contributed by atoms with van der Waals surface area (Å²) in [7, 11) is -3.67. The van der Waals surface area contributed by atoms with E-state index in [4.69, 9.17) is 16.0 Å². The molecule has 1 aromatic carbocycles. The van der Waals surface area contributed by atoms with Crippen molar-refractivity contribution in [1.29, 1.82) is 0 Å². The van der Waals surface area contributed by atoms with E-state index >= 15 is 0 Å². The first kappa shape index (κ1) is 16.4. The molecule has 1 aliphatic heterocycles. The summed E-state index contributed by atoms with van der Waals surface area (Å²) in [6.45, 7) is 2.50. The van der Waals surface area contributed by atoms with E-state index < -0.39 is 15.8 Å². The minimum atomic E-state index is -3.67. The van der Waals surface area contributed by atoms with Gasteiger partial charge in [-0.15, -0.1) is 0 Å². The van der Waals surface area contributed by atoms with Crippen LogP contribution in [0.5, 0.6) is 0 Å². The van der Waals surface area contributed by atoms with Crippen LogP contribution in [-0.4, -0.2) is 48.8 Å². The highest BCUT2D eigenvalue weighted by atomic mass is 35.5. The van der Waals surface area contributed by atoms with Crippen LogP contribution < -0.4 is 0 Å². The van der Waals surface area contributed by atoms with E-state index in [-0.39, 0.29) is 9.92 Å². The standard InChI is InChI=1S/C14H15ClFN3O3S/c15-13-7-12(1-2-14(13)16)23(20,21)19-5-3-18(4-6-19)8-11-9-22-10-17-11/h1-2,7,9-10H,3-6,8H2. The molecule has 2 heterocycles. The normalized spacial score (nSPS) is 17.5. The van der Waals surface area contributed by atoms with Crippen molar-refractivity contribution in [2.75, 3.05) is 26.2 Å². The highest BCUT2D eigenvalue weighted by Gasteiger charge is 2.29. The molecule has 9 heteroatoms. The van der Waals surface area contributed by atoms with Gasteiger partial charge in [-0.3, -0.25) is 4.90 Å². The lowest BCUT2D eigenvalue weighted by Crippen LogP contribution is -2.48. The molecular weight excluding hydrogens is 345 g/mol. The van der Waals surface area contributed by atoms with E-state index in [2.05, 4.69) is 9.88 Å². The Labute approximate surface area is 138 Å². The fraction of sp³-hybridized carbons (Fsp3) is 0.357. The molecule has 23 heavy (non-hydrogen) atoms. The molecule has 0 N–H and O–H groups in total. The van der Waals surface area contributed by atoms with Crippen molar-refractivity contribution in [3.05, 3.63) is 47.4 Å². The van der Waals surface area contributed by atoms with Crippen LogP contribution in [0.2, 0.25) is 5.02 Å². The highest BCUT2D eigenvalue weighted by molar-refractivity contribution is 7.89. The van der Waals surface area contributed by atoms with E-state index in [1.807, 2.05) is 0 Å². The molecule has 0 spiro atoms. The SMILES string of the molecule is O=S(=O)(c1ccc(F)c(Cl)c1)N1CCN(Cc2cocn2)CC1. The molecule has 1 aliphatic rings. The molecule has 0 bridgehead atoms. The molecule has 0 radical (unpaired) electrons. The quantitative estimate of drug-likeness (QED) is 0.835. The molecule has 0 saturated carbocycles. The van der Waals surface area contributed by atoms with Gasteiger partial charge in [0.25, 0.3) is 0 Å². The second-order valence-corrected chi connectivity index (χ2v) is 7.58. The van der Waals surface area contributed by atoms with E-state index in [9.17, 15) is 12.8 Å². The Hall–Kier alpha value is -1.48. The van der Waals surface area contributed by atoms with Crippen molar-refractivity contribution < 1.29 is 17.2 Å². The number of halogens is 2. The minimum absolute atomic E-state index is 0.00820. The maximum Gasteiger partial charge on any atom is 0.243 e. The summed E-state index contributed by atoms with van der Waals surface area (Å²) in [5.74, 6) is -0.636. The van der Waals surface area contributed by atoms with Gasteiger partial charge >= 0.3 is 0 Å². The van der Waals surface area contributed by atoms with Gasteiger partial charge in [0.2, 0.25) is 10.0 Å². The summed E-state index contributed by atoms with van der Waals surface area (Å²) >= 11 is 5.68. The molecule has 124 valence electrons. The van der Waals surface area contributed by atoms with Gasteiger partial charge in [0.1, 0.15) is 12.1 Å². The second-order valence-electron chi connectivity index (χ2n) is 5.24. The maximum absolute atomic E-state index is 13.2. The first-order valence-corrected chi connectivity index (χ1v) is 8.83. The van der Waals surface area contributed by atoms with Crippen molar-refractivity contribution in [2.45, 2.75) is 11.4 Å². The van der Waals surface area contributed by atoms with Crippen molar-refractivity contribution in [3.63, 3.8) is 0 Å². The van der Waals surface area contributed by atoms with Crippen LogP contribution in [0.15, 0.2) is 40.2 Å². The van der Waals surface area contributed by atoms with Crippen molar-refractivity contribution in [1.82, 2.24) is 14.2 Å². The molecule has 3 rings (SSSR count). The number of hydrogen-bond donors (Lipinski definition) is 0. The number of piperazine rings is 1. The number of benzene rings is 1. The van der Waals surface area contributed by atoms with Crippen LogP contribution >= 0.6 is 11.6 Å². The van der Waals surface area contributed by atoms with Gasteiger partial charge in [-0.1, -0.05) is 11.6 Å². The maximum atomic E-state index is 13.2. The summed E-state index contributed by atoms with van der Waals surface area (Å²) in [5, 5.41) is -0.198. The third-order valence-electron chi connectivity index (χ3n) is 3.73. The summed E-state index contributed by atoms with van der Waals surface area (Å²) in [6.07, 6.45) is 2.94. The smallest absolute Gasteiger partial charge is 0.243 e. The Bertz CT molecular complexity index is 775. The lowest BCUT2D eigenvalue weighted by Gasteiger charge is -2.33. The molecular formula is C14H15ClFN3O3S.